The Hall–Kier alpha value is -2.10. The number of carbonyl (C=O) groups excluding carboxylic acids is 1. The second-order valence-electron chi connectivity index (χ2n) is 7.11. The van der Waals surface area contributed by atoms with Crippen LogP contribution in [0, 0.1) is 0 Å². The molecule has 158 valence electrons. The number of anilines is 2. The van der Waals surface area contributed by atoms with Crippen molar-refractivity contribution in [2.45, 2.75) is 49.8 Å². The smallest absolute Gasteiger partial charge is 0.277 e. The van der Waals surface area contributed by atoms with Crippen molar-refractivity contribution in [3.8, 4) is 0 Å². The second kappa shape index (κ2) is 10.3. The van der Waals surface area contributed by atoms with Crippen LogP contribution in [-0.4, -0.2) is 32.9 Å². The number of carbonyl (C=O) groups is 1. The first kappa shape index (κ1) is 21.1. The van der Waals surface area contributed by atoms with E-state index in [1.54, 1.807) is 0 Å². The number of aromatic nitrogens is 3. The molecule has 2 N–H and O–H groups in total. The van der Waals surface area contributed by atoms with Crippen LogP contribution in [0.4, 0.5) is 10.8 Å². The maximum Gasteiger partial charge on any atom is 0.277 e. The molecule has 0 saturated heterocycles. The number of nitrogens with zero attached hydrogens (tertiary/aromatic N) is 3. The first-order chi connectivity index (χ1) is 14.6. The molecule has 3 aromatic rings. The van der Waals surface area contributed by atoms with Crippen molar-refractivity contribution < 1.29 is 9.21 Å². The SMILES string of the molecule is O=C(CSc1nnc(Cc2csc(Nc3cccc(Cl)c3)n2)o1)NC1CCCCC1. The van der Waals surface area contributed by atoms with Crippen molar-refractivity contribution in [1.29, 1.82) is 0 Å². The predicted molar refractivity (Wildman–Crippen MR) is 120 cm³/mol. The van der Waals surface area contributed by atoms with Gasteiger partial charge in [-0.2, -0.15) is 0 Å². The Morgan fingerprint density at radius 2 is 2.13 bits per heavy atom. The summed E-state index contributed by atoms with van der Waals surface area (Å²) in [6.45, 7) is 0. The van der Waals surface area contributed by atoms with Crippen LogP contribution < -0.4 is 10.6 Å². The fraction of sp³-hybridized carbons (Fsp3) is 0.400. The molecule has 0 radical (unpaired) electrons. The van der Waals surface area contributed by atoms with Gasteiger partial charge in [-0.25, -0.2) is 4.98 Å². The zero-order valence-electron chi connectivity index (χ0n) is 16.3. The van der Waals surface area contributed by atoms with Gasteiger partial charge in [-0.15, -0.1) is 21.5 Å². The largest absolute Gasteiger partial charge is 0.416 e. The molecule has 7 nitrogen and oxygen atoms in total. The Morgan fingerprint density at radius 1 is 1.27 bits per heavy atom. The summed E-state index contributed by atoms with van der Waals surface area (Å²) in [6, 6.07) is 7.79. The molecule has 1 amide bonds. The van der Waals surface area contributed by atoms with Crippen molar-refractivity contribution in [1.82, 2.24) is 20.5 Å². The summed E-state index contributed by atoms with van der Waals surface area (Å²) in [5, 5.41) is 18.2. The number of halogens is 1. The number of thioether (sulfide) groups is 1. The number of thiazole rings is 1. The summed E-state index contributed by atoms with van der Waals surface area (Å²) < 4.78 is 5.66. The van der Waals surface area contributed by atoms with E-state index in [4.69, 9.17) is 16.0 Å². The van der Waals surface area contributed by atoms with Gasteiger partial charge in [0.15, 0.2) is 5.13 Å². The van der Waals surface area contributed by atoms with Crippen molar-refractivity contribution in [2.75, 3.05) is 11.1 Å². The summed E-state index contributed by atoms with van der Waals surface area (Å²) in [5.74, 6) is 0.774. The first-order valence-corrected chi connectivity index (χ1v) is 12.1. The molecule has 1 saturated carbocycles. The molecule has 2 aromatic heterocycles. The van der Waals surface area contributed by atoms with Crippen LogP contribution in [0.2, 0.25) is 5.02 Å². The standard InChI is InChI=1S/C20H22ClN5O2S2/c21-13-5-4-8-15(9-13)23-19-24-16(11-29-19)10-18-25-26-20(28-18)30-12-17(27)22-14-6-2-1-3-7-14/h4-5,8-9,11,14H,1-3,6-7,10,12H2,(H,22,27)(H,23,24). The summed E-state index contributed by atoms with van der Waals surface area (Å²) in [5.41, 5.74) is 1.71. The van der Waals surface area contributed by atoms with E-state index in [0.717, 1.165) is 29.4 Å². The normalized spacial score (nSPS) is 14.6. The van der Waals surface area contributed by atoms with Crippen LogP contribution in [0.15, 0.2) is 39.3 Å². The maximum atomic E-state index is 12.1. The Labute approximate surface area is 188 Å². The zero-order chi connectivity index (χ0) is 20.8. The molecule has 0 unspecified atom stereocenters. The van der Waals surface area contributed by atoms with Crippen molar-refractivity contribution in [2.24, 2.45) is 0 Å². The van der Waals surface area contributed by atoms with E-state index >= 15 is 0 Å². The van der Waals surface area contributed by atoms with Gasteiger partial charge in [-0.05, 0) is 31.0 Å². The third-order valence-corrected chi connectivity index (χ3v) is 6.57. The van der Waals surface area contributed by atoms with Crippen LogP contribution >= 0.6 is 34.7 Å². The van der Waals surface area contributed by atoms with E-state index in [2.05, 4.69) is 25.8 Å². The predicted octanol–water partition coefficient (Wildman–Crippen LogP) is 5.05. The summed E-state index contributed by atoms with van der Waals surface area (Å²) in [6.07, 6.45) is 6.24. The molecule has 0 spiro atoms. The number of rotatable bonds is 8. The van der Waals surface area contributed by atoms with E-state index in [9.17, 15) is 4.79 Å². The van der Waals surface area contributed by atoms with E-state index in [-0.39, 0.29) is 11.7 Å². The molecule has 0 atom stereocenters. The lowest BCUT2D eigenvalue weighted by molar-refractivity contribution is -0.119. The molecule has 1 aromatic carbocycles. The molecular weight excluding hydrogens is 442 g/mol. The van der Waals surface area contributed by atoms with Crippen LogP contribution in [0.5, 0.6) is 0 Å². The molecule has 10 heteroatoms. The van der Waals surface area contributed by atoms with E-state index in [1.165, 1.54) is 42.4 Å². The van der Waals surface area contributed by atoms with Gasteiger partial charge in [0.25, 0.3) is 5.22 Å². The molecule has 2 heterocycles. The summed E-state index contributed by atoms with van der Waals surface area (Å²) >= 11 is 8.76. The van der Waals surface area contributed by atoms with Gasteiger partial charge >= 0.3 is 0 Å². The quantitative estimate of drug-likeness (QED) is 0.451. The van der Waals surface area contributed by atoms with E-state index < -0.39 is 0 Å². The maximum absolute atomic E-state index is 12.1. The van der Waals surface area contributed by atoms with Gasteiger partial charge < -0.3 is 15.1 Å². The Morgan fingerprint density at radius 3 is 2.97 bits per heavy atom. The highest BCUT2D eigenvalue weighted by atomic mass is 35.5. The molecule has 30 heavy (non-hydrogen) atoms. The fourth-order valence-corrected chi connectivity index (χ4v) is 4.81. The summed E-state index contributed by atoms with van der Waals surface area (Å²) in [4.78, 5) is 16.7. The molecule has 0 aliphatic heterocycles. The lowest BCUT2D eigenvalue weighted by atomic mass is 9.95. The second-order valence-corrected chi connectivity index (χ2v) is 9.33. The lowest BCUT2D eigenvalue weighted by Gasteiger charge is -2.22. The van der Waals surface area contributed by atoms with Gasteiger partial charge in [0.2, 0.25) is 11.8 Å². The molecule has 4 rings (SSSR count). The van der Waals surface area contributed by atoms with Crippen LogP contribution in [0.3, 0.4) is 0 Å². The number of nitrogens with one attached hydrogen (secondary N) is 2. The average Bonchev–Trinajstić information content (AvgIpc) is 3.37. The summed E-state index contributed by atoms with van der Waals surface area (Å²) in [7, 11) is 0. The third kappa shape index (κ3) is 6.20. The van der Waals surface area contributed by atoms with Gasteiger partial charge in [-0.3, -0.25) is 4.79 Å². The fourth-order valence-electron chi connectivity index (χ4n) is 3.30. The number of hydrogen-bond acceptors (Lipinski definition) is 8. The number of amides is 1. The Balaban J connectivity index is 1.25. The minimum absolute atomic E-state index is 0.0166. The highest BCUT2D eigenvalue weighted by Crippen LogP contribution is 2.25. The monoisotopic (exact) mass is 463 g/mol. The average molecular weight is 464 g/mol. The minimum Gasteiger partial charge on any atom is -0.416 e. The third-order valence-electron chi connectivity index (χ3n) is 4.71. The van der Waals surface area contributed by atoms with Crippen LogP contribution in [-0.2, 0) is 11.2 Å². The van der Waals surface area contributed by atoms with Gasteiger partial charge in [0, 0.05) is 22.1 Å². The highest BCUT2D eigenvalue weighted by Gasteiger charge is 2.17. The lowest BCUT2D eigenvalue weighted by Crippen LogP contribution is -2.37. The van der Waals surface area contributed by atoms with Gasteiger partial charge in [-0.1, -0.05) is 48.7 Å². The van der Waals surface area contributed by atoms with Gasteiger partial charge in [0.05, 0.1) is 17.9 Å². The molecule has 1 aliphatic rings. The Kier molecular flexibility index (Phi) is 7.24. The van der Waals surface area contributed by atoms with Crippen LogP contribution in [0.1, 0.15) is 43.7 Å². The zero-order valence-corrected chi connectivity index (χ0v) is 18.7. The van der Waals surface area contributed by atoms with E-state index in [0.29, 0.717) is 28.6 Å². The molecule has 0 bridgehead atoms. The molecule has 1 fully saturated rings. The topological polar surface area (TPSA) is 92.9 Å². The van der Waals surface area contributed by atoms with Crippen molar-refractivity contribution in [3.63, 3.8) is 0 Å². The number of hydrogen-bond donors (Lipinski definition) is 2. The number of benzene rings is 1. The Bertz CT molecular complexity index is 987. The van der Waals surface area contributed by atoms with Crippen molar-refractivity contribution >= 4 is 51.4 Å². The van der Waals surface area contributed by atoms with Gasteiger partial charge in [0.1, 0.15) is 0 Å². The molecule has 1 aliphatic carbocycles. The first-order valence-electron chi connectivity index (χ1n) is 9.85. The van der Waals surface area contributed by atoms with Crippen molar-refractivity contribution in [3.05, 3.63) is 46.3 Å². The van der Waals surface area contributed by atoms with E-state index in [1.807, 2.05) is 29.6 Å². The molecular formula is C20H22ClN5O2S2. The highest BCUT2D eigenvalue weighted by molar-refractivity contribution is 7.99. The van der Waals surface area contributed by atoms with Crippen LogP contribution in [0.25, 0.3) is 0 Å². The minimum atomic E-state index is 0.0166.